The largest absolute Gasteiger partial charge is 0.335 e. The Balaban J connectivity index is 3.38. The Morgan fingerprint density at radius 1 is 1.62 bits per heavy atom. The van der Waals surface area contributed by atoms with Crippen molar-refractivity contribution in [3.8, 4) is 0 Å². The number of nitrogens with zero attached hydrogens (tertiary/aromatic N) is 1. The quantitative estimate of drug-likeness (QED) is 0.555. The molecular formula is C7H9N3O3. The van der Waals surface area contributed by atoms with Gasteiger partial charge in [0.2, 0.25) is 0 Å². The fraction of sp³-hybridized carbons (Fsp3) is 0.286. The van der Waals surface area contributed by atoms with Crippen molar-refractivity contribution in [3.05, 3.63) is 33.1 Å². The predicted octanol–water partition coefficient (Wildman–Crippen LogP) is -1.48. The third-order valence-corrected chi connectivity index (χ3v) is 1.47. The number of hydrogen-bond donors (Lipinski definition) is 2. The third kappa shape index (κ3) is 1.73. The molecule has 3 N–H and O–H groups in total. The van der Waals surface area contributed by atoms with E-state index in [1.54, 1.807) is 0 Å². The van der Waals surface area contributed by atoms with Crippen LogP contribution in [0.2, 0.25) is 0 Å². The van der Waals surface area contributed by atoms with Crippen LogP contribution in [-0.2, 0) is 0 Å². The van der Waals surface area contributed by atoms with Gasteiger partial charge in [0, 0.05) is 12.3 Å². The molecule has 1 aromatic heterocycles. The molecule has 1 rings (SSSR count). The lowest BCUT2D eigenvalue weighted by atomic mass is 10.3. The van der Waals surface area contributed by atoms with E-state index >= 15 is 0 Å². The second-order valence-corrected chi connectivity index (χ2v) is 2.58. The summed E-state index contributed by atoms with van der Waals surface area (Å²) in [6, 6.07) is 0.211. The third-order valence-electron chi connectivity index (χ3n) is 1.47. The molecule has 0 bridgehead atoms. The average molecular weight is 183 g/mol. The van der Waals surface area contributed by atoms with Crippen molar-refractivity contribution in [2.75, 3.05) is 0 Å². The Morgan fingerprint density at radius 2 is 2.23 bits per heavy atom. The molecule has 1 atom stereocenters. The average Bonchev–Trinajstić information content (AvgIpc) is 2.03. The number of H-pyrrole nitrogens is 1. The summed E-state index contributed by atoms with van der Waals surface area (Å²) < 4.78 is 0.477. The van der Waals surface area contributed by atoms with Gasteiger partial charge in [0.25, 0.3) is 11.5 Å². The van der Waals surface area contributed by atoms with E-state index in [4.69, 9.17) is 5.73 Å². The second kappa shape index (κ2) is 3.36. The van der Waals surface area contributed by atoms with Gasteiger partial charge >= 0.3 is 5.69 Å². The smallest absolute Gasteiger partial charge is 0.320 e. The minimum atomic E-state index is -0.874. The van der Waals surface area contributed by atoms with Crippen LogP contribution in [0.4, 0.5) is 0 Å². The van der Waals surface area contributed by atoms with Gasteiger partial charge in [-0.15, -0.1) is 0 Å². The van der Waals surface area contributed by atoms with Crippen LogP contribution in [0.3, 0.4) is 0 Å². The van der Waals surface area contributed by atoms with E-state index in [2.05, 4.69) is 4.98 Å². The standard InChI is InChI=1S/C7H9N3O3/c1-4(8)6(12)10-5(11)2-3-9-7(10)13/h2-4H,8H2,1H3,(H,9,13)/t4-/m0/s1. The van der Waals surface area contributed by atoms with E-state index in [1.807, 2.05) is 0 Å². The molecule has 0 aliphatic carbocycles. The Bertz CT molecular complexity index is 401. The second-order valence-electron chi connectivity index (χ2n) is 2.58. The lowest BCUT2D eigenvalue weighted by Gasteiger charge is -2.04. The van der Waals surface area contributed by atoms with Crippen LogP contribution < -0.4 is 17.0 Å². The number of carbonyl (C=O) groups excluding carboxylic acids is 1. The number of aromatic nitrogens is 2. The molecule has 0 saturated carbocycles. The molecule has 0 radical (unpaired) electrons. The number of aromatic amines is 1. The van der Waals surface area contributed by atoms with Crippen LogP contribution in [0.15, 0.2) is 21.9 Å². The lowest BCUT2D eigenvalue weighted by molar-refractivity contribution is 0.0876. The van der Waals surface area contributed by atoms with E-state index < -0.39 is 23.2 Å². The van der Waals surface area contributed by atoms with Crippen molar-refractivity contribution in [3.63, 3.8) is 0 Å². The van der Waals surface area contributed by atoms with Gasteiger partial charge in [-0.1, -0.05) is 0 Å². The monoisotopic (exact) mass is 183 g/mol. The highest BCUT2D eigenvalue weighted by Crippen LogP contribution is 1.79. The summed E-state index contributed by atoms with van der Waals surface area (Å²) in [5, 5.41) is 0. The molecule has 0 amide bonds. The fourth-order valence-electron chi connectivity index (χ4n) is 0.836. The number of rotatable bonds is 1. The van der Waals surface area contributed by atoms with Crippen LogP contribution in [0.5, 0.6) is 0 Å². The molecule has 6 heteroatoms. The van der Waals surface area contributed by atoms with Gasteiger partial charge in [0.15, 0.2) is 0 Å². The van der Waals surface area contributed by atoms with E-state index in [0.29, 0.717) is 4.57 Å². The zero-order valence-corrected chi connectivity index (χ0v) is 6.98. The van der Waals surface area contributed by atoms with Crippen molar-refractivity contribution in [1.29, 1.82) is 0 Å². The summed E-state index contributed by atoms with van der Waals surface area (Å²) in [7, 11) is 0. The molecule has 1 heterocycles. The van der Waals surface area contributed by atoms with Crippen LogP contribution >= 0.6 is 0 Å². The van der Waals surface area contributed by atoms with Gasteiger partial charge in [-0.2, -0.15) is 4.57 Å². The Kier molecular flexibility index (Phi) is 2.43. The molecule has 0 aromatic carbocycles. The first-order valence-corrected chi connectivity index (χ1v) is 3.64. The Hall–Kier alpha value is -1.69. The maximum Gasteiger partial charge on any atom is 0.335 e. The van der Waals surface area contributed by atoms with Crippen molar-refractivity contribution in [1.82, 2.24) is 9.55 Å². The fourth-order valence-corrected chi connectivity index (χ4v) is 0.836. The van der Waals surface area contributed by atoms with E-state index in [0.717, 1.165) is 6.07 Å². The topological polar surface area (TPSA) is 97.9 Å². The molecule has 0 unspecified atom stereocenters. The lowest BCUT2D eigenvalue weighted by Crippen LogP contribution is -2.45. The Labute approximate surface area is 73.0 Å². The summed E-state index contributed by atoms with van der Waals surface area (Å²) in [6.45, 7) is 1.40. The SMILES string of the molecule is C[C@H](N)C(=O)n1c(=O)cc[nH]c1=O. The molecule has 0 aliphatic rings. The molecule has 6 nitrogen and oxygen atoms in total. The molecular weight excluding hydrogens is 174 g/mol. The Morgan fingerprint density at radius 3 is 2.69 bits per heavy atom. The van der Waals surface area contributed by atoms with Gasteiger partial charge in [-0.25, -0.2) is 4.79 Å². The minimum absolute atomic E-state index is 0.477. The maximum atomic E-state index is 11.2. The highest BCUT2D eigenvalue weighted by Gasteiger charge is 2.14. The van der Waals surface area contributed by atoms with E-state index in [1.165, 1.54) is 13.1 Å². The first kappa shape index (κ1) is 9.40. The van der Waals surface area contributed by atoms with Gasteiger partial charge in [-0.3, -0.25) is 9.59 Å². The maximum absolute atomic E-state index is 11.2. The normalized spacial score (nSPS) is 12.5. The van der Waals surface area contributed by atoms with Crippen molar-refractivity contribution < 1.29 is 4.79 Å². The summed E-state index contributed by atoms with van der Waals surface area (Å²) in [6.07, 6.45) is 1.18. The number of hydrogen-bond acceptors (Lipinski definition) is 4. The summed E-state index contributed by atoms with van der Waals surface area (Å²) in [5.74, 6) is -0.716. The van der Waals surface area contributed by atoms with E-state index in [-0.39, 0.29) is 0 Å². The van der Waals surface area contributed by atoms with Crippen molar-refractivity contribution in [2.45, 2.75) is 13.0 Å². The number of nitrogens with two attached hydrogens (primary N) is 1. The number of carbonyl (C=O) groups is 1. The molecule has 0 fully saturated rings. The zero-order valence-electron chi connectivity index (χ0n) is 6.98. The molecule has 0 aliphatic heterocycles. The molecule has 13 heavy (non-hydrogen) atoms. The summed E-state index contributed by atoms with van der Waals surface area (Å²) in [4.78, 5) is 35.5. The van der Waals surface area contributed by atoms with Crippen LogP contribution in [0.25, 0.3) is 0 Å². The molecule has 0 spiro atoms. The molecule has 0 saturated heterocycles. The summed E-state index contributed by atoms with van der Waals surface area (Å²) >= 11 is 0. The van der Waals surface area contributed by atoms with E-state index in [9.17, 15) is 14.4 Å². The zero-order chi connectivity index (χ0) is 10.0. The van der Waals surface area contributed by atoms with Gasteiger partial charge < -0.3 is 10.7 Å². The highest BCUT2D eigenvalue weighted by molar-refractivity contribution is 5.83. The van der Waals surface area contributed by atoms with Crippen LogP contribution in [0, 0.1) is 0 Å². The summed E-state index contributed by atoms with van der Waals surface area (Å²) in [5.41, 5.74) is 3.80. The van der Waals surface area contributed by atoms with Crippen molar-refractivity contribution >= 4 is 5.91 Å². The molecule has 70 valence electrons. The van der Waals surface area contributed by atoms with Crippen LogP contribution in [0.1, 0.15) is 11.7 Å². The van der Waals surface area contributed by atoms with Gasteiger partial charge in [-0.05, 0) is 6.92 Å². The first-order chi connectivity index (χ1) is 6.04. The first-order valence-electron chi connectivity index (χ1n) is 3.64. The molecule has 1 aromatic rings. The minimum Gasteiger partial charge on any atom is -0.320 e. The predicted molar refractivity (Wildman–Crippen MR) is 45.6 cm³/mol. The van der Waals surface area contributed by atoms with Gasteiger partial charge in [0.05, 0.1) is 6.04 Å². The van der Waals surface area contributed by atoms with Gasteiger partial charge in [0.1, 0.15) is 0 Å². The number of nitrogens with one attached hydrogen (secondary N) is 1. The highest BCUT2D eigenvalue weighted by atomic mass is 16.2. The van der Waals surface area contributed by atoms with Crippen LogP contribution in [-0.4, -0.2) is 21.5 Å². The van der Waals surface area contributed by atoms with Crippen molar-refractivity contribution in [2.24, 2.45) is 5.73 Å².